The van der Waals surface area contributed by atoms with Crippen LogP contribution < -0.4 is 14.8 Å². The van der Waals surface area contributed by atoms with E-state index in [2.05, 4.69) is 23.5 Å². The molecule has 0 aromatic heterocycles. The summed E-state index contributed by atoms with van der Waals surface area (Å²) >= 11 is 0. The minimum atomic E-state index is -0.0215. The summed E-state index contributed by atoms with van der Waals surface area (Å²) in [6.07, 6.45) is 2.18. The maximum Gasteiger partial charge on any atom is 0.161 e. The summed E-state index contributed by atoms with van der Waals surface area (Å²) in [6, 6.07) is 20.7. The Morgan fingerprint density at radius 1 is 0.968 bits per heavy atom. The number of rotatable bonds is 9. The summed E-state index contributed by atoms with van der Waals surface area (Å²) in [5.41, 5.74) is 4.18. The largest absolute Gasteiger partial charge is 0.508 e. The summed E-state index contributed by atoms with van der Waals surface area (Å²) in [7, 11) is 3.43. The van der Waals surface area contributed by atoms with Crippen LogP contribution in [0.1, 0.15) is 29.5 Å². The molecule has 0 aliphatic heterocycles. The molecule has 0 saturated heterocycles. The Morgan fingerprint density at radius 3 is 2.23 bits per heavy atom. The highest BCUT2D eigenvalue weighted by Gasteiger charge is 2.14. The van der Waals surface area contributed by atoms with Gasteiger partial charge in [0.2, 0.25) is 0 Å². The highest BCUT2D eigenvalue weighted by atomic mass is 16.5. The highest BCUT2D eigenvalue weighted by molar-refractivity contribution is 5.68. The van der Waals surface area contributed by atoms with Crippen molar-refractivity contribution < 1.29 is 19.7 Å². The standard InChI is InChI=1S/C26H29NO4/c1-18(21-8-13-25(29)26(17-21)30-3)16-24(19-4-9-22(28)10-5-19)20-6-11-23(12-7-20)31-15-14-27-2/h4-13,16-17,24,27-29H,14-15H2,1-3H3. The SMILES string of the molecule is CNCCOc1ccc(C(C=C(C)c2ccc(O)c(OC)c2)c2ccc(O)cc2)cc1. The first-order valence-corrected chi connectivity index (χ1v) is 10.2. The molecule has 5 nitrogen and oxygen atoms in total. The van der Waals surface area contributed by atoms with Crippen LogP contribution >= 0.6 is 0 Å². The predicted molar refractivity (Wildman–Crippen MR) is 124 cm³/mol. The first-order valence-electron chi connectivity index (χ1n) is 10.2. The van der Waals surface area contributed by atoms with Gasteiger partial charge in [0.1, 0.15) is 18.1 Å². The van der Waals surface area contributed by atoms with Gasteiger partial charge in [-0.15, -0.1) is 0 Å². The molecule has 5 heteroatoms. The van der Waals surface area contributed by atoms with Gasteiger partial charge in [-0.05, 0) is 72.6 Å². The molecule has 0 amide bonds. The van der Waals surface area contributed by atoms with E-state index < -0.39 is 0 Å². The first kappa shape index (κ1) is 22.2. The summed E-state index contributed by atoms with van der Waals surface area (Å²) in [6.45, 7) is 3.43. The molecule has 3 aromatic rings. The third-order valence-electron chi connectivity index (χ3n) is 5.16. The third kappa shape index (κ3) is 5.80. The molecule has 31 heavy (non-hydrogen) atoms. The zero-order chi connectivity index (χ0) is 22.2. The fraction of sp³-hybridized carbons (Fsp3) is 0.231. The van der Waals surface area contributed by atoms with Crippen LogP contribution in [0.25, 0.3) is 5.57 Å². The van der Waals surface area contributed by atoms with Crippen molar-refractivity contribution in [3.8, 4) is 23.0 Å². The summed E-state index contributed by atoms with van der Waals surface area (Å²) in [5.74, 6) is 1.59. The molecule has 0 aliphatic carbocycles. The van der Waals surface area contributed by atoms with Gasteiger partial charge < -0.3 is 25.0 Å². The lowest BCUT2D eigenvalue weighted by Gasteiger charge is -2.17. The van der Waals surface area contributed by atoms with Gasteiger partial charge in [0.05, 0.1) is 7.11 Å². The van der Waals surface area contributed by atoms with Crippen LogP contribution in [0.2, 0.25) is 0 Å². The van der Waals surface area contributed by atoms with Gasteiger partial charge >= 0.3 is 0 Å². The molecule has 0 heterocycles. The second-order valence-corrected chi connectivity index (χ2v) is 7.33. The highest BCUT2D eigenvalue weighted by Crippen LogP contribution is 2.34. The van der Waals surface area contributed by atoms with Crippen molar-refractivity contribution in [2.45, 2.75) is 12.8 Å². The molecular formula is C26H29NO4. The van der Waals surface area contributed by atoms with Crippen molar-refractivity contribution in [3.05, 3.63) is 89.5 Å². The normalized spacial score (nSPS) is 12.4. The lowest BCUT2D eigenvalue weighted by atomic mass is 9.88. The maximum atomic E-state index is 9.90. The molecule has 0 saturated carbocycles. The van der Waals surface area contributed by atoms with Crippen molar-refractivity contribution in [1.29, 1.82) is 0 Å². The molecule has 162 valence electrons. The zero-order valence-electron chi connectivity index (χ0n) is 18.1. The Balaban J connectivity index is 1.95. The Hall–Kier alpha value is -3.44. The van der Waals surface area contributed by atoms with Crippen LogP contribution in [0, 0.1) is 0 Å². The van der Waals surface area contributed by atoms with Gasteiger partial charge in [0, 0.05) is 12.5 Å². The van der Waals surface area contributed by atoms with E-state index >= 15 is 0 Å². The van der Waals surface area contributed by atoms with Gasteiger partial charge in [0.25, 0.3) is 0 Å². The Labute approximate surface area is 183 Å². The molecule has 0 spiro atoms. The van der Waals surface area contributed by atoms with E-state index in [0.717, 1.165) is 34.6 Å². The lowest BCUT2D eigenvalue weighted by Crippen LogP contribution is -2.15. The minimum absolute atomic E-state index is 0.0215. The number of likely N-dealkylation sites (N-methyl/N-ethyl adjacent to an activating group) is 1. The van der Waals surface area contributed by atoms with Gasteiger partial charge in [-0.1, -0.05) is 36.4 Å². The monoisotopic (exact) mass is 419 g/mol. The molecule has 1 atom stereocenters. The van der Waals surface area contributed by atoms with E-state index in [1.54, 1.807) is 18.2 Å². The average Bonchev–Trinajstić information content (AvgIpc) is 2.79. The number of hydrogen-bond donors (Lipinski definition) is 3. The number of ether oxygens (including phenoxy) is 2. The zero-order valence-corrected chi connectivity index (χ0v) is 18.1. The molecule has 3 rings (SSSR count). The maximum absolute atomic E-state index is 9.90. The van der Waals surface area contributed by atoms with Crippen LogP contribution in [-0.4, -0.2) is 37.5 Å². The van der Waals surface area contributed by atoms with Gasteiger partial charge in [-0.2, -0.15) is 0 Å². The van der Waals surface area contributed by atoms with Crippen molar-refractivity contribution >= 4 is 5.57 Å². The quantitative estimate of drug-likeness (QED) is 0.429. The number of hydrogen-bond acceptors (Lipinski definition) is 5. The third-order valence-corrected chi connectivity index (χ3v) is 5.16. The van der Waals surface area contributed by atoms with Crippen LogP contribution in [0.4, 0.5) is 0 Å². The molecule has 0 aliphatic rings. The van der Waals surface area contributed by atoms with Crippen molar-refractivity contribution in [2.24, 2.45) is 0 Å². The molecular weight excluding hydrogens is 390 g/mol. The van der Waals surface area contributed by atoms with Crippen LogP contribution in [0.5, 0.6) is 23.0 Å². The van der Waals surface area contributed by atoms with Gasteiger partial charge in [-0.3, -0.25) is 0 Å². The number of methoxy groups -OCH3 is 1. The second-order valence-electron chi connectivity index (χ2n) is 7.33. The smallest absolute Gasteiger partial charge is 0.161 e. The molecule has 1 unspecified atom stereocenters. The van der Waals surface area contributed by atoms with E-state index in [1.807, 2.05) is 50.4 Å². The Bertz CT molecular complexity index is 1010. The van der Waals surface area contributed by atoms with Crippen molar-refractivity contribution in [3.63, 3.8) is 0 Å². The lowest BCUT2D eigenvalue weighted by molar-refractivity contribution is 0.318. The molecule has 0 fully saturated rings. The second kappa shape index (κ2) is 10.5. The van der Waals surface area contributed by atoms with Crippen LogP contribution in [-0.2, 0) is 0 Å². The summed E-state index contributed by atoms with van der Waals surface area (Å²) in [4.78, 5) is 0. The molecule has 0 radical (unpaired) electrons. The molecule has 3 N–H and O–H groups in total. The van der Waals surface area contributed by atoms with E-state index in [4.69, 9.17) is 9.47 Å². The Morgan fingerprint density at radius 2 is 1.61 bits per heavy atom. The van der Waals surface area contributed by atoms with Crippen LogP contribution in [0.15, 0.2) is 72.8 Å². The Kier molecular flexibility index (Phi) is 7.57. The van der Waals surface area contributed by atoms with E-state index in [-0.39, 0.29) is 17.4 Å². The van der Waals surface area contributed by atoms with E-state index in [0.29, 0.717) is 12.4 Å². The number of phenols is 2. The number of benzene rings is 3. The topological polar surface area (TPSA) is 71.0 Å². The number of nitrogens with one attached hydrogen (secondary N) is 1. The molecule has 0 bridgehead atoms. The van der Waals surface area contributed by atoms with E-state index in [9.17, 15) is 10.2 Å². The predicted octanol–water partition coefficient (Wildman–Crippen LogP) is 4.94. The fourth-order valence-corrected chi connectivity index (χ4v) is 3.38. The summed E-state index contributed by atoms with van der Waals surface area (Å²) in [5, 5.41) is 22.7. The number of allylic oxidation sites excluding steroid dienone is 2. The van der Waals surface area contributed by atoms with Crippen molar-refractivity contribution in [2.75, 3.05) is 27.3 Å². The number of phenolic OH excluding ortho intramolecular Hbond substituents is 2. The summed E-state index contributed by atoms with van der Waals surface area (Å²) < 4.78 is 11.0. The van der Waals surface area contributed by atoms with Crippen LogP contribution in [0.3, 0.4) is 0 Å². The van der Waals surface area contributed by atoms with Crippen molar-refractivity contribution in [1.82, 2.24) is 5.32 Å². The number of aromatic hydroxyl groups is 2. The minimum Gasteiger partial charge on any atom is -0.508 e. The first-order chi connectivity index (χ1) is 15.0. The van der Waals surface area contributed by atoms with Gasteiger partial charge in [-0.25, -0.2) is 0 Å². The van der Waals surface area contributed by atoms with Gasteiger partial charge in [0.15, 0.2) is 11.5 Å². The fourth-order valence-electron chi connectivity index (χ4n) is 3.38. The average molecular weight is 420 g/mol. The van der Waals surface area contributed by atoms with E-state index in [1.165, 1.54) is 7.11 Å². The molecule has 3 aromatic carbocycles.